The van der Waals surface area contributed by atoms with Crippen LogP contribution in [0.15, 0.2) is 48.5 Å². The van der Waals surface area contributed by atoms with Gasteiger partial charge in [-0.1, -0.05) is 12.1 Å². The third-order valence-electron chi connectivity index (χ3n) is 8.39. The number of hydrogen-bond acceptors (Lipinski definition) is 6. The molecule has 2 amide bonds. The summed E-state index contributed by atoms with van der Waals surface area (Å²) in [6, 6.07) is 11.4. The van der Waals surface area contributed by atoms with Crippen LogP contribution in [0.4, 0.5) is 8.78 Å². The Balaban J connectivity index is 1.24. The molecule has 2 aromatic carbocycles. The third kappa shape index (κ3) is 6.56. The number of nitrogens with zero attached hydrogens (tertiary/aromatic N) is 2. The first-order chi connectivity index (χ1) is 19.3. The number of fused-ring (bicyclic) bond motifs is 1. The Hall–Kier alpha value is -3.21. The summed E-state index contributed by atoms with van der Waals surface area (Å²) in [5, 5.41) is 6.49. The number of piperidine rings is 1. The van der Waals surface area contributed by atoms with Crippen LogP contribution >= 0.6 is 0 Å². The smallest absolute Gasteiger partial charge is 0.237 e. The van der Waals surface area contributed by atoms with Gasteiger partial charge in [0.15, 0.2) is 5.78 Å². The normalized spacial score (nSPS) is 24.6. The summed E-state index contributed by atoms with van der Waals surface area (Å²) >= 11 is 0. The van der Waals surface area contributed by atoms with Crippen LogP contribution in [0.3, 0.4) is 0 Å². The SMILES string of the molecule is C[C@@H](c1ccc(F)cc1)N(CC1NC(=O)C2COCCC2N1)C(=O)CN1CCC(C(=O)c2ccc(F)cc2)CC1. The van der Waals surface area contributed by atoms with Crippen LogP contribution in [-0.2, 0) is 14.3 Å². The molecule has 40 heavy (non-hydrogen) atoms. The molecular weight excluding hydrogens is 518 g/mol. The summed E-state index contributed by atoms with van der Waals surface area (Å²) in [4.78, 5) is 43.2. The fourth-order valence-corrected chi connectivity index (χ4v) is 5.95. The third-order valence-corrected chi connectivity index (χ3v) is 8.39. The lowest BCUT2D eigenvalue weighted by Gasteiger charge is -2.42. The molecule has 8 nitrogen and oxygen atoms in total. The van der Waals surface area contributed by atoms with Crippen molar-refractivity contribution in [1.29, 1.82) is 0 Å². The van der Waals surface area contributed by atoms with Gasteiger partial charge in [-0.3, -0.25) is 24.6 Å². The number of ketones is 1. The second kappa shape index (κ2) is 12.5. The molecule has 10 heteroatoms. The molecule has 0 radical (unpaired) electrons. The summed E-state index contributed by atoms with van der Waals surface area (Å²) in [6.07, 6.45) is 1.53. The Bertz CT molecular complexity index is 1200. The lowest BCUT2D eigenvalue weighted by atomic mass is 9.89. The van der Waals surface area contributed by atoms with Crippen molar-refractivity contribution in [2.75, 3.05) is 39.4 Å². The quantitative estimate of drug-likeness (QED) is 0.488. The van der Waals surface area contributed by atoms with Crippen molar-refractivity contribution in [3.8, 4) is 0 Å². The van der Waals surface area contributed by atoms with Crippen molar-refractivity contribution < 1.29 is 27.9 Å². The fraction of sp³-hybridized carbons (Fsp3) is 0.500. The van der Waals surface area contributed by atoms with Gasteiger partial charge in [0.1, 0.15) is 11.6 Å². The summed E-state index contributed by atoms with van der Waals surface area (Å²) in [5.41, 5.74) is 1.30. The lowest BCUT2D eigenvalue weighted by molar-refractivity contribution is -0.140. The van der Waals surface area contributed by atoms with Crippen LogP contribution < -0.4 is 10.6 Å². The van der Waals surface area contributed by atoms with Crippen molar-refractivity contribution >= 4 is 17.6 Å². The number of hydrogen-bond donors (Lipinski definition) is 2. The maximum Gasteiger partial charge on any atom is 0.237 e. The van der Waals surface area contributed by atoms with E-state index in [2.05, 4.69) is 10.6 Å². The van der Waals surface area contributed by atoms with Crippen molar-refractivity contribution in [2.24, 2.45) is 11.8 Å². The second-order valence-electron chi connectivity index (χ2n) is 11.0. The van der Waals surface area contributed by atoms with E-state index in [-0.39, 0.29) is 66.2 Å². The number of likely N-dealkylation sites (tertiary alicyclic amines) is 1. The van der Waals surface area contributed by atoms with Gasteiger partial charge < -0.3 is 15.0 Å². The van der Waals surface area contributed by atoms with Gasteiger partial charge in [0.2, 0.25) is 11.8 Å². The number of amides is 2. The number of rotatable bonds is 8. The molecule has 3 unspecified atom stereocenters. The van der Waals surface area contributed by atoms with Gasteiger partial charge in [-0.05, 0) is 81.2 Å². The Morgan fingerprint density at radius 1 is 1.02 bits per heavy atom. The molecule has 2 N–H and O–H groups in total. The van der Waals surface area contributed by atoms with Crippen LogP contribution in [0, 0.1) is 23.5 Å². The van der Waals surface area contributed by atoms with Gasteiger partial charge >= 0.3 is 0 Å². The average Bonchev–Trinajstić information content (AvgIpc) is 2.96. The number of ether oxygens (including phenoxy) is 1. The zero-order valence-corrected chi connectivity index (χ0v) is 22.7. The molecule has 2 aromatic rings. The zero-order valence-electron chi connectivity index (χ0n) is 22.7. The van der Waals surface area contributed by atoms with E-state index < -0.39 is 6.17 Å². The van der Waals surface area contributed by atoms with Crippen molar-refractivity contribution in [1.82, 2.24) is 20.4 Å². The molecular formula is C30H36F2N4O4. The number of halogens is 2. The second-order valence-corrected chi connectivity index (χ2v) is 11.0. The molecule has 3 fully saturated rings. The van der Waals surface area contributed by atoms with Gasteiger partial charge in [0.25, 0.3) is 0 Å². The standard InChI is InChI=1S/C30H36F2N4O4/c1-19(20-2-6-23(31)7-3-20)36(16-27-33-26-12-15-40-18-25(26)30(39)34-27)28(37)17-35-13-10-22(11-14-35)29(38)21-4-8-24(32)9-5-21/h2-9,19,22,25-27,33H,10-18H2,1H3,(H,34,39)/t19-,25?,26?,27?/m0/s1. The molecule has 3 heterocycles. The molecule has 3 aliphatic heterocycles. The monoisotopic (exact) mass is 554 g/mol. The van der Waals surface area contributed by atoms with Gasteiger partial charge in [-0.25, -0.2) is 8.78 Å². The first-order valence-corrected chi connectivity index (χ1v) is 14.0. The highest BCUT2D eigenvalue weighted by molar-refractivity contribution is 5.97. The lowest BCUT2D eigenvalue weighted by Crippen LogP contribution is -2.66. The Labute approximate surface area is 233 Å². The molecule has 5 rings (SSSR count). The van der Waals surface area contributed by atoms with E-state index in [0.29, 0.717) is 44.7 Å². The van der Waals surface area contributed by atoms with Crippen LogP contribution in [0.5, 0.6) is 0 Å². The Morgan fingerprint density at radius 3 is 2.35 bits per heavy atom. The predicted molar refractivity (Wildman–Crippen MR) is 144 cm³/mol. The van der Waals surface area contributed by atoms with Gasteiger partial charge in [-0.15, -0.1) is 0 Å². The minimum Gasteiger partial charge on any atom is -0.381 e. The maximum atomic E-state index is 13.7. The molecule has 0 aliphatic carbocycles. The van der Waals surface area contributed by atoms with Crippen molar-refractivity contribution in [3.63, 3.8) is 0 Å². The fourth-order valence-electron chi connectivity index (χ4n) is 5.95. The first-order valence-electron chi connectivity index (χ1n) is 14.0. The highest BCUT2D eigenvalue weighted by atomic mass is 19.1. The van der Waals surface area contributed by atoms with E-state index in [4.69, 9.17) is 4.74 Å². The van der Waals surface area contributed by atoms with E-state index >= 15 is 0 Å². The molecule has 0 bridgehead atoms. The largest absolute Gasteiger partial charge is 0.381 e. The first kappa shape index (κ1) is 28.3. The average molecular weight is 555 g/mol. The number of carbonyl (C=O) groups excluding carboxylic acids is 3. The van der Waals surface area contributed by atoms with E-state index in [1.54, 1.807) is 17.0 Å². The van der Waals surface area contributed by atoms with Crippen molar-refractivity contribution in [3.05, 3.63) is 71.3 Å². The van der Waals surface area contributed by atoms with Gasteiger partial charge in [0, 0.05) is 24.1 Å². The molecule has 214 valence electrons. The molecule has 0 spiro atoms. The van der Waals surface area contributed by atoms with Crippen LogP contribution in [0.1, 0.15) is 48.1 Å². The minimum atomic E-state index is -0.419. The van der Waals surface area contributed by atoms with E-state index in [1.165, 1.54) is 36.4 Å². The van der Waals surface area contributed by atoms with Crippen molar-refractivity contribution in [2.45, 2.75) is 44.4 Å². The molecule has 0 aromatic heterocycles. The van der Waals surface area contributed by atoms with Crippen LogP contribution in [0.2, 0.25) is 0 Å². The molecule has 4 atom stereocenters. The number of carbonyl (C=O) groups is 3. The van der Waals surface area contributed by atoms with Crippen LogP contribution in [0.25, 0.3) is 0 Å². The Morgan fingerprint density at radius 2 is 1.68 bits per heavy atom. The summed E-state index contributed by atoms with van der Waals surface area (Å²) in [6.45, 7) is 4.47. The zero-order chi connectivity index (χ0) is 28.2. The molecule has 0 saturated carbocycles. The number of nitrogens with one attached hydrogen (secondary N) is 2. The summed E-state index contributed by atoms with van der Waals surface area (Å²) < 4.78 is 32.3. The van der Waals surface area contributed by atoms with E-state index in [0.717, 1.165) is 12.0 Å². The summed E-state index contributed by atoms with van der Waals surface area (Å²) in [7, 11) is 0. The number of benzene rings is 2. The highest BCUT2D eigenvalue weighted by Crippen LogP contribution is 2.26. The number of Topliss-reactive ketones (excluding diaryl/α,β-unsaturated/α-hetero) is 1. The topological polar surface area (TPSA) is 91.0 Å². The van der Waals surface area contributed by atoms with Gasteiger partial charge in [-0.2, -0.15) is 0 Å². The van der Waals surface area contributed by atoms with Crippen LogP contribution in [-0.4, -0.2) is 79.0 Å². The van der Waals surface area contributed by atoms with Gasteiger partial charge in [0.05, 0.1) is 37.8 Å². The Kier molecular flexibility index (Phi) is 8.87. The molecule has 3 saturated heterocycles. The molecule has 3 aliphatic rings. The highest BCUT2D eigenvalue weighted by Gasteiger charge is 2.39. The van der Waals surface area contributed by atoms with E-state index in [1.807, 2.05) is 11.8 Å². The predicted octanol–water partition coefficient (Wildman–Crippen LogP) is 2.90. The van der Waals surface area contributed by atoms with E-state index in [9.17, 15) is 23.2 Å². The summed E-state index contributed by atoms with van der Waals surface area (Å²) in [5.74, 6) is -1.32. The minimum absolute atomic E-state index is 0.00284. The maximum absolute atomic E-state index is 13.7.